The Morgan fingerprint density at radius 3 is 0.924 bits per heavy atom. The van der Waals surface area contributed by atoms with Crippen molar-refractivity contribution >= 4 is 198 Å². The first-order valence-corrected chi connectivity index (χ1v) is 47.7. The molecule has 18 aromatic rings. The zero-order chi connectivity index (χ0) is 82.1. The predicted octanol–water partition coefficient (Wildman–Crippen LogP) is 27.8. The third-order valence-corrected chi connectivity index (χ3v) is 17.8. The summed E-state index contributed by atoms with van der Waals surface area (Å²) in [5.74, 6) is 0. The number of fused-ring (bicyclic) bond motifs is 3. The topological polar surface area (TPSA) is 125 Å². The van der Waals surface area contributed by atoms with Crippen molar-refractivity contribution in [2.45, 2.75) is 0 Å². The summed E-state index contributed by atoms with van der Waals surface area (Å²) in [6.07, 6.45) is 16.1. The van der Waals surface area contributed by atoms with E-state index in [1.165, 1.54) is 38.6 Å². The number of aliphatic imine (C=N–C) groups is 8. The molecule has 0 bridgehead atoms. The van der Waals surface area contributed by atoms with E-state index in [0.717, 1.165) is 111 Å². The minimum absolute atomic E-state index is 0.619. The summed E-state index contributed by atoms with van der Waals surface area (Å²) >= 11 is 6.44. The number of nitrogens with zero attached hydrogens (tertiary/aromatic N) is 10. The van der Waals surface area contributed by atoms with Crippen LogP contribution in [0.5, 0.6) is 0 Å². The van der Waals surface area contributed by atoms with Crippen molar-refractivity contribution in [1.29, 1.82) is 0 Å². The molecule has 18 heteroatoms. The van der Waals surface area contributed by atoms with E-state index in [0.29, 0.717) is 11.4 Å². The molecule has 586 valence electrons. The van der Waals surface area contributed by atoms with Crippen molar-refractivity contribution in [3.63, 3.8) is 0 Å². The fraction of sp³-hybridized carbons (Fsp3) is 0. The van der Waals surface area contributed by atoms with Crippen molar-refractivity contribution in [3.8, 4) is 0 Å². The summed E-state index contributed by atoms with van der Waals surface area (Å²) in [7, 11) is 18.4. The smallest absolute Gasteiger partial charge is 0.111 e. The monoisotopic (exact) mass is 2330 g/mol. The Kier molecular flexibility index (Phi) is 36.1. The van der Waals surface area contributed by atoms with Crippen LogP contribution in [0.4, 0.5) is 45.5 Å². The zero-order valence-electron chi connectivity index (χ0n) is 62.5. The van der Waals surface area contributed by atoms with E-state index in [2.05, 4.69) is 189 Å². The SMILES string of the molecule is [Cl][Pt+].[Cl][Pt+].[Cl][Pt+].[Cl][Pt+].[c-]1c(C=Nc2cccc3ccccc23)cccc1C=Nc1cccc2ccccc12.[c-]1c(C=Nc2ccccc2)c2ccc3cccc4ccc(c1C=Nc1ccccc1)c2c34.[c-]1c(C=Nc2ccccc2)cc2ccccc2c1C=Nc1ccccc1.[c-]1c(C=Nc2ccccc2)ncnc1C=Nc1ccccc1. The molecule has 10 nitrogen and oxygen atoms in total. The van der Waals surface area contributed by atoms with Gasteiger partial charge in [0.25, 0.3) is 0 Å². The molecular formula is C100H68Cl4N10Pt4. The molecule has 1 heterocycles. The summed E-state index contributed by atoms with van der Waals surface area (Å²) in [5, 5.41) is 14.2. The Morgan fingerprint density at radius 1 is 0.212 bits per heavy atom. The minimum Gasteiger partial charge on any atom is -0.318 e. The van der Waals surface area contributed by atoms with Gasteiger partial charge in [-0.25, -0.2) is 0 Å². The van der Waals surface area contributed by atoms with E-state index in [1.807, 2.05) is 298 Å². The van der Waals surface area contributed by atoms with Crippen LogP contribution in [0.25, 0.3) is 64.6 Å². The van der Waals surface area contributed by atoms with Crippen LogP contribution < -0.4 is 0 Å². The van der Waals surface area contributed by atoms with E-state index < -0.39 is 0 Å². The van der Waals surface area contributed by atoms with Gasteiger partial charge in [0.2, 0.25) is 0 Å². The Balaban J connectivity index is 0.000000151. The van der Waals surface area contributed by atoms with Gasteiger partial charge in [0.1, 0.15) is 6.33 Å². The van der Waals surface area contributed by atoms with E-state index in [4.69, 9.17) is 20.0 Å². The van der Waals surface area contributed by atoms with Crippen LogP contribution in [0.3, 0.4) is 0 Å². The second-order valence-electron chi connectivity index (χ2n) is 25.3. The molecule has 0 aliphatic carbocycles. The number of aromatic nitrogens is 2. The maximum absolute atomic E-state index is 4.72. The van der Waals surface area contributed by atoms with Gasteiger partial charge < -0.3 is 9.98 Å². The third kappa shape index (κ3) is 25.7. The molecule has 1 aromatic heterocycles. The Morgan fingerprint density at radius 2 is 0.517 bits per heavy atom. The van der Waals surface area contributed by atoms with Crippen LogP contribution in [0.15, 0.2) is 404 Å². The molecule has 0 aliphatic heterocycles. The standard InChI is InChI=1S/C30H19N2.C28H19N2.C24H17N2.C18H13N4.4ClH.4Pt/c1-3-10-25(11-4-1)31-19-23-18-24(20-32-26-12-5-2-6-13-26)28-17-15-22-9-7-8-21-14-16-27(23)30(28)29(21)22;1-3-14-25-23(10-1)12-6-16-27(25)29-19-21-8-5-9-22(18-21)20-30-28-17-7-13-24-11-2-4-15-26(24)28;1-3-10-22(11-4-1)25-17-19-15-20-9-7-8-14-24(20)21(16-19)18-26-23-12-5-2-6-13-23;1-3-7-15(8-4-1)19-12-17-11-18(22-14-21-17)13-20-16-9-5-2-6-10-16;;;;;;;;/h1-17,19-20H;1-17,19-20H;1-15,17-18H;1-10,12-14H;4*1H;;;;/q4*-1;;;;;4*+2/p-4. The molecule has 0 fully saturated rings. The normalized spacial score (nSPS) is 11.2. The maximum Gasteiger partial charge on any atom is 0.111 e. The van der Waals surface area contributed by atoms with E-state index in [-0.39, 0.29) is 0 Å². The van der Waals surface area contributed by atoms with Gasteiger partial charge in [0.05, 0.1) is 34.1 Å². The van der Waals surface area contributed by atoms with Crippen molar-refractivity contribution in [3.05, 3.63) is 433 Å². The predicted molar refractivity (Wildman–Crippen MR) is 486 cm³/mol. The molecule has 0 saturated carbocycles. The largest absolute Gasteiger partial charge is 0.318 e. The quantitative estimate of drug-likeness (QED) is 0.0543. The Bertz CT molecular complexity index is 6140. The minimum atomic E-state index is 0.619. The maximum atomic E-state index is 4.72. The molecule has 0 N–H and O–H groups in total. The average molecular weight is 2330 g/mol. The number of hydrogen-bond donors (Lipinski definition) is 0. The van der Waals surface area contributed by atoms with E-state index in [9.17, 15) is 0 Å². The zero-order valence-corrected chi connectivity index (χ0v) is 74.6. The van der Waals surface area contributed by atoms with Crippen molar-refractivity contribution in [2.24, 2.45) is 39.9 Å². The number of rotatable bonds is 16. The number of para-hydroxylation sites is 6. The number of halogens is 4. The second kappa shape index (κ2) is 48.6. The Labute approximate surface area is 748 Å². The second-order valence-corrected chi connectivity index (χ2v) is 25.3. The van der Waals surface area contributed by atoms with Gasteiger partial charge in [-0.1, -0.05) is 292 Å². The molecule has 0 aliphatic rings. The van der Waals surface area contributed by atoms with Crippen LogP contribution in [-0.2, 0) is 75.1 Å². The molecule has 0 radical (unpaired) electrons. The van der Waals surface area contributed by atoms with Crippen LogP contribution in [-0.4, -0.2) is 59.7 Å². The summed E-state index contributed by atoms with van der Waals surface area (Å²) in [4.78, 5) is 44.9. The first-order valence-electron chi connectivity index (χ1n) is 36.4. The summed E-state index contributed by atoms with van der Waals surface area (Å²) in [6.45, 7) is 0. The first-order chi connectivity index (χ1) is 58.5. The van der Waals surface area contributed by atoms with Gasteiger partial charge >= 0.3 is 113 Å². The van der Waals surface area contributed by atoms with Gasteiger partial charge in [-0.3, -0.25) is 39.9 Å². The molecule has 0 spiro atoms. The summed E-state index contributed by atoms with van der Waals surface area (Å²) in [6, 6.07) is 133. The molecule has 118 heavy (non-hydrogen) atoms. The van der Waals surface area contributed by atoms with Gasteiger partial charge in [-0.2, -0.15) is 0 Å². The molecule has 0 atom stereocenters. The van der Waals surface area contributed by atoms with Gasteiger partial charge in [0.15, 0.2) is 0 Å². The van der Waals surface area contributed by atoms with Gasteiger partial charge in [-0.15, -0.1) is 65.2 Å². The summed E-state index contributed by atoms with van der Waals surface area (Å²) in [5.41, 5.74) is 14.2. The number of hydrogen-bond acceptors (Lipinski definition) is 10. The van der Waals surface area contributed by atoms with Crippen LogP contribution in [0, 0.1) is 24.3 Å². The molecule has 0 amide bonds. The number of benzene rings is 17. The first kappa shape index (κ1) is 87.7. The average Bonchev–Trinajstić information content (AvgIpc) is 0.731. The molecular weight excluding hydrogens is 2260 g/mol. The van der Waals surface area contributed by atoms with E-state index >= 15 is 0 Å². The van der Waals surface area contributed by atoms with Crippen LogP contribution in [0.2, 0.25) is 0 Å². The molecule has 0 saturated heterocycles. The molecule has 0 unspecified atom stereocenters. The van der Waals surface area contributed by atoms with E-state index in [1.54, 1.807) is 87.5 Å². The van der Waals surface area contributed by atoms with Crippen LogP contribution >= 0.6 is 37.7 Å². The van der Waals surface area contributed by atoms with Gasteiger partial charge in [0, 0.05) is 22.1 Å². The van der Waals surface area contributed by atoms with Crippen LogP contribution in [0.1, 0.15) is 44.8 Å². The van der Waals surface area contributed by atoms with Crippen molar-refractivity contribution in [2.75, 3.05) is 0 Å². The molecule has 17 aromatic carbocycles. The van der Waals surface area contributed by atoms with Crippen molar-refractivity contribution < 1.29 is 75.1 Å². The fourth-order valence-corrected chi connectivity index (χ4v) is 12.5. The molecule has 18 rings (SSSR count). The van der Waals surface area contributed by atoms with Crippen molar-refractivity contribution in [1.82, 2.24) is 9.97 Å². The fourth-order valence-electron chi connectivity index (χ4n) is 12.5. The Hall–Kier alpha value is -11.1. The third-order valence-electron chi connectivity index (χ3n) is 17.8. The van der Waals surface area contributed by atoms with Gasteiger partial charge in [-0.05, 0) is 173 Å². The summed E-state index contributed by atoms with van der Waals surface area (Å²) < 4.78 is 0.